The van der Waals surface area contributed by atoms with Crippen molar-refractivity contribution in [2.45, 2.75) is 13.8 Å². The average molecular weight is 378 g/mol. The Labute approximate surface area is 164 Å². The Morgan fingerprint density at radius 3 is 2.32 bits per heavy atom. The molecule has 2 aromatic carbocycles. The van der Waals surface area contributed by atoms with E-state index in [0.29, 0.717) is 24.5 Å². The number of amides is 1. The van der Waals surface area contributed by atoms with Gasteiger partial charge in [0.2, 0.25) is 0 Å². The van der Waals surface area contributed by atoms with E-state index in [9.17, 15) is 14.9 Å². The van der Waals surface area contributed by atoms with E-state index >= 15 is 0 Å². The van der Waals surface area contributed by atoms with Gasteiger partial charge in [-0.15, -0.1) is 0 Å². The van der Waals surface area contributed by atoms with Gasteiger partial charge in [-0.05, 0) is 49.8 Å². The first-order valence-electron chi connectivity index (χ1n) is 8.96. The van der Waals surface area contributed by atoms with Crippen molar-refractivity contribution in [2.75, 3.05) is 24.7 Å². The van der Waals surface area contributed by atoms with E-state index in [2.05, 4.69) is 0 Å². The lowest BCUT2D eigenvalue weighted by Crippen LogP contribution is -2.34. The summed E-state index contributed by atoms with van der Waals surface area (Å²) in [6, 6.07) is 17.9. The predicted octanol–water partition coefficient (Wildman–Crippen LogP) is 3.59. The molecular weight excluding hydrogens is 356 g/mol. The van der Waals surface area contributed by atoms with Gasteiger partial charge >= 0.3 is 5.97 Å². The van der Waals surface area contributed by atoms with Crippen molar-refractivity contribution >= 4 is 23.6 Å². The number of carbonyl (C=O) groups excluding carboxylic acids is 2. The van der Waals surface area contributed by atoms with Crippen molar-refractivity contribution in [2.24, 2.45) is 0 Å². The number of ether oxygens (including phenoxy) is 2. The fourth-order valence-electron chi connectivity index (χ4n) is 2.52. The molecule has 0 atom stereocenters. The molecule has 6 nitrogen and oxygen atoms in total. The number of anilines is 1. The van der Waals surface area contributed by atoms with E-state index in [1.165, 1.54) is 11.0 Å². The molecule has 0 spiro atoms. The number of esters is 1. The number of para-hydroxylation sites is 1. The van der Waals surface area contributed by atoms with E-state index in [1.807, 2.05) is 38.1 Å². The van der Waals surface area contributed by atoms with Gasteiger partial charge in [0, 0.05) is 12.2 Å². The molecule has 0 fully saturated rings. The Morgan fingerprint density at radius 2 is 1.75 bits per heavy atom. The molecule has 0 aliphatic carbocycles. The van der Waals surface area contributed by atoms with Crippen molar-refractivity contribution < 1.29 is 19.1 Å². The SMILES string of the molecule is CCOc1ccc(/C=C(\C#N)C(=O)OCC(=O)N(CC)c2ccccc2)cc1. The molecule has 0 saturated heterocycles. The topological polar surface area (TPSA) is 79.6 Å². The Balaban J connectivity index is 2.01. The normalized spacial score (nSPS) is 10.7. The molecule has 0 bridgehead atoms. The van der Waals surface area contributed by atoms with Crippen LogP contribution in [0.25, 0.3) is 6.08 Å². The zero-order valence-electron chi connectivity index (χ0n) is 15.9. The van der Waals surface area contributed by atoms with Gasteiger partial charge in [0.1, 0.15) is 17.4 Å². The van der Waals surface area contributed by atoms with Crippen LogP contribution in [0.15, 0.2) is 60.2 Å². The largest absolute Gasteiger partial charge is 0.494 e. The Hall–Kier alpha value is -3.59. The van der Waals surface area contributed by atoms with Gasteiger partial charge in [-0.25, -0.2) is 4.79 Å². The van der Waals surface area contributed by atoms with Crippen LogP contribution in [0.2, 0.25) is 0 Å². The second-order valence-electron chi connectivity index (χ2n) is 5.72. The molecule has 6 heteroatoms. The van der Waals surface area contributed by atoms with Crippen molar-refractivity contribution in [3.63, 3.8) is 0 Å². The fraction of sp³-hybridized carbons (Fsp3) is 0.227. The number of nitriles is 1. The number of hydrogen-bond donors (Lipinski definition) is 0. The van der Waals surface area contributed by atoms with Gasteiger partial charge in [-0.3, -0.25) is 4.79 Å². The van der Waals surface area contributed by atoms with Crippen LogP contribution >= 0.6 is 0 Å². The third-order valence-electron chi connectivity index (χ3n) is 3.85. The first-order chi connectivity index (χ1) is 13.6. The van der Waals surface area contributed by atoms with Crippen LogP contribution < -0.4 is 9.64 Å². The summed E-state index contributed by atoms with van der Waals surface area (Å²) in [5.74, 6) is -0.499. The third kappa shape index (κ3) is 5.71. The Morgan fingerprint density at radius 1 is 1.07 bits per heavy atom. The number of rotatable bonds is 8. The van der Waals surface area contributed by atoms with Crippen LogP contribution in [0, 0.1) is 11.3 Å². The van der Waals surface area contributed by atoms with Crippen molar-refractivity contribution in [1.29, 1.82) is 5.26 Å². The molecule has 2 aromatic rings. The number of nitrogens with zero attached hydrogens (tertiary/aromatic N) is 2. The molecule has 28 heavy (non-hydrogen) atoms. The lowest BCUT2D eigenvalue weighted by atomic mass is 10.1. The molecule has 0 unspecified atom stereocenters. The van der Waals surface area contributed by atoms with Crippen LogP contribution in [0.1, 0.15) is 19.4 Å². The monoisotopic (exact) mass is 378 g/mol. The minimum absolute atomic E-state index is 0.181. The minimum atomic E-state index is -0.839. The summed E-state index contributed by atoms with van der Waals surface area (Å²) >= 11 is 0. The highest BCUT2D eigenvalue weighted by atomic mass is 16.5. The summed E-state index contributed by atoms with van der Waals surface area (Å²) in [5.41, 5.74) is 1.19. The van der Waals surface area contributed by atoms with Gasteiger partial charge < -0.3 is 14.4 Å². The first-order valence-corrected chi connectivity index (χ1v) is 8.96. The molecule has 1 amide bonds. The molecule has 0 heterocycles. The summed E-state index contributed by atoms with van der Waals surface area (Å²) in [6.07, 6.45) is 1.41. The molecule has 144 valence electrons. The number of carbonyl (C=O) groups is 2. The van der Waals surface area contributed by atoms with Crippen molar-refractivity contribution in [1.82, 2.24) is 0 Å². The van der Waals surface area contributed by atoms with E-state index < -0.39 is 12.6 Å². The highest BCUT2D eigenvalue weighted by Crippen LogP contribution is 2.16. The maximum Gasteiger partial charge on any atom is 0.349 e. The second kappa shape index (κ2) is 10.5. The summed E-state index contributed by atoms with van der Waals surface area (Å²) in [7, 11) is 0. The van der Waals surface area contributed by atoms with Gasteiger partial charge in [0.25, 0.3) is 5.91 Å². The summed E-state index contributed by atoms with van der Waals surface area (Å²) < 4.78 is 10.4. The number of hydrogen-bond acceptors (Lipinski definition) is 5. The van der Waals surface area contributed by atoms with Crippen molar-refractivity contribution in [3.05, 3.63) is 65.7 Å². The molecular formula is C22H22N2O4. The van der Waals surface area contributed by atoms with Crippen LogP contribution in [-0.2, 0) is 14.3 Å². The molecule has 0 aliphatic heterocycles. The smallest absolute Gasteiger partial charge is 0.349 e. The van der Waals surface area contributed by atoms with E-state index in [1.54, 1.807) is 36.4 Å². The molecule has 0 aliphatic rings. The molecule has 0 aromatic heterocycles. The highest BCUT2D eigenvalue weighted by Gasteiger charge is 2.18. The number of likely N-dealkylation sites (N-methyl/N-ethyl adjacent to an activating group) is 1. The van der Waals surface area contributed by atoms with Gasteiger partial charge in [-0.1, -0.05) is 30.3 Å². The fourth-order valence-corrected chi connectivity index (χ4v) is 2.52. The average Bonchev–Trinajstić information content (AvgIpc) is 2.73. The van der Waals surface area contributed by atoms with E-state index in [-0.39, 0.29) is 11.5 Å². The molecule has 0 radical (unpaired) electrons. The first kappa shape index (κ1) is 20.7. The van der Waals surface area contributed by atoms with Gasteiger partial charge in [0.15, 0.2) is 6.61 Å². The van der Waals surface area contributed by atoms with Crippen LogP contribution in [0.5, 0.6) is 5.75 Å². The number of benzene rings is 2. The van der Waals surface area contributed by atoms with Crippen molar-refractivity contribution in [3.8, 4) is 11.8 Å². The minimum Gasteiger partial charge on any atom is -0.494 e. The van der Waals surface area contributed by atoms with Gasteiger partial charge in [0.05, 0.1) is 6.61 Å². The van der Waals surface area contributed by atoms with Crippen LogP contribution in [0.4, 0.5) is 5.69 Å². The van der Waals surface area contributed by atoms with E-state index in [4.69, 9.17) is 9.47 Å². The summed E-state index contributed by atoms with van der Waals surface area (Å²) in [5, 5.41) is 9.26. The maximum atomic E-state index is 12.4. The second-order valence-corrected chi connectivity index (χ2v) is 5.72. The molecule has 0 saturated carbocycles. The van der Waals surface area contributed by atoms with Gasteiger partial charge in [-0.2, -0.15) is 5.26 Å². The lowest BCUT2D eigenvalue weighted by molar-refractivity contribution is -0.143. The standard InChI is InChI=1S/C22H22N2O4/c1-3-24(19-8-6-5-7-9-19)21(25)16-28-22(26)18(15-23)14-17-10-12-20(13-11-17)27-4-2/h5-14H,3-4,16H2,1-2H3/b18-14+. The Kier molecular flexibility index (Phi) is 7.79. The van der Waals surface area contributed by atoms with Crippen LogP contribution in [0.3, 0.4) is 0 Å². The van der Waals surface area contributed by atoms with E-state index in [0.717, 1.165) is 5.69 Å². The lowest BCUT2D eigenvalue weighted by Gasteiger charge is -2.20. The molecule has 0 N–H and O–H groups in total. The van der Waals surface area contributed by atoms with Crippen LogP contribution in [-0.4, -0.2) is 31.6 Å². The highest BCUT2D eigenvalue weighted by molar-refractivity contribution is 6.00. The zero-order chi connectivity index (χ0) is 20.4. The molecule has 2 rings (SSSR count). The third-order valence-corrected chi connectivity index (χ3v) is 3.85. The Bertz CT molecular complexity index is 868. The predicted molar refractivity (Wildman–Crippen MR) is 107 cm³/mol. The zero-order valence-corrected chi connectivity index (χ0v) is 15.9. The quantitative estimate of drug-likeness (QED) is 0.398. The summed E-state index contributed by atoms with van der Waals surface area (Å²) in [4.78, 5) is 26.1. The maximum absolute atomic E-state index is 12.4. The summed E-state index contributed by atoms with van der Waals surface area (Å²) in [6.45, 7) is 4.27.